The first-order valence-electron chi connectivity index (χ1n) is 18.7. The van der Waals surface area contributed by atoms with Crippen molar-refractivity contribution in [3.63, 3.8) is 0 Å². The SMILES string of the molecule is COc1cccc2c1/C=C(/C(=O)N1CC3CCC(C1)N3C(=O)OC(C)(C)C)Cn1c(c(C3CCCCC3)c3ccc(C(=O)NS(=O)(=O)N(C)C)cc31)C2. The summed E-state index contributed by atoms with van der Waals surface area (Å²) in [5.74, 6) is 0.167. The summed E-state index contributed by atoms with van der Waals surface area (Å²) in [6.45, 7) is 6.64. The molecule has 2 bridgehead atoms. The summed E-state index contributed by atoms with van der Waals surface area (Å²) < 4.78 is 42.2. The van der Waals surface area contributed by atoms with E-state index < -0.39 is 21.7 Å². The van der Waals surface area contributed by atoms with Crippen molar-refractivity contribution < 1.29 is 32.3 Å². The van der Waals surface area contributed by atoms with Crippen LogP contribution in [0.15, 0.2) is 42.0 Å². The molecule has 1 N–H and O–H groups in total. The van der Waals surface area contributed by atoms with Crippen LogP contribution in [0.4, 0.5) is 4.79 Å². The summed E-state index contributed by atoms with van der Waals surface area (Å²) >= 11 is 0. The molecular formula is C40H51N5O7S. The van der Waals surface area contributed by atoms with Gasteiger partial charge in [-0.15, -0.1) is 0 Å². The predicted octanol–water partition coefficient (Wildman–Crippen LogP) is 5.83. The van der Waals surface area contributed by atoms with E-state index in [9.17, 15) is 22.8 Å². The minimum Gasteiger partial charge on any atom is -0.496 e. The van der Waals surface area contributed by atoms with E-state index in [0.717, 1.165) is 70.6 Å². The monoisotopic (exact) mass is 745 g/mol. The van der Waals surface area contributed by atoms with Crippen molar-refractivity contribution in [3.8, 4) is 5.75 Å². The lowest BCUT2D eigenvalue weighted by Crippen LogP contribution is -2.58. The van der Waals surface area contributed by atoms with Gasteiger partial charge in [-0.25, -0.2) is 9.52 Å². The number of nitrogens with one attached hydrogen (secondary N) is 1. The van der Waals surface area contributed by atoms with Crippen LogP contribution in [0.3, 0.4) is 0 Å². The number of ether oxygens (including phenoxy) is 2. The van der Waals surface area contributed by atoms with E-state index in [4.69, 9.17) is 9.47 Å². The fourth-order valence-electron chi connectivity index (χ4n) is 8.73. The van der Waals surface area contributed by atoms with Gasteiger partial charge in [0.15, 0.2) is 0 Å². The van der Waals surface area contributed by atoms with Gasteiger partial charge >= 0.3 is 16.3 Å². The first kappa shape index (κ1) is 37.0. The molecule has 0 spiro atoms. The molecule has 284 valence electrons. The highest BCUT2D eigenvalue weighted by Gasteiger charge is 2.46. The molecule has 0 radical (unpaired) electrons. The standard InChI is InChI=1S/C40H51N5O7S/c1-40(2,3)52-39(48)45-29-16-17-30(45)24-43(23-29)38(47)28-19-32-26(13-10-14-35(32)51-6)20-34-36(25-11-8-7-9-12-25)31-18-15-27(21-33(31)44(34)22-28)37(46)41-53(49,50)42(4)5/h10,13-15,18-19,21,25,29-30H,7-9,11-12,16-17,20,22-24H2,1-6H3,(H,41,46)/b28-19+. The van der Waals surface area contributed by atoms with Crippen molar-refractivity contribution in [2.24, 2.45) is 0 Å². The maximum atomic E-state index is 14.8. The van der Waals surface area contributed by atoms with Crippen LogP contribution in [0.2, 0.25) is 0 Å². The lowest BCUT2D eigenvalue weighted by Gasteiger charge is -2.41. The highest BCUT2D eigenvalue weighted by atomic mass is 32.2. The van der Waals surface area contributed by atoms with Gasteiger partial charge < -0.3 is 18.9 Å². The third-order valence-electron chi connectivity index (χ3n) is 11.2. The second kappa shape index (κ2) is 14.1. The summed E-state index contributed by atoms with van der Waals surface area (Å²) in [5, 5.41) is 1.01. The molecule has 3 aliphatic heterocycles. The number of methoxy groups -OCH3 is 1. The second-order valence-corrected chi connectivity index (χ2v) is 18.0. The van der Waals surface area contributed by atoms with E-state index in [1.807, 2.05) is 54.8 Å². The molecule has 12 nitrogen and oxygen atoms in total. The Morgan fingerprint density at radius 2 is 1.64 bits per heavy atom. The number of amides is 3. The molecule has 2 saturated heterocycles. The Morgan fingerprint density at radius 1 is 0.943 bits per heavy atom. The number of aromatic nitrogens is 1. The summed E-state index contributed by atoms with van der Waals surface area (Å²) in [5.41, 5.74) is 5.18. The van der Waals surface area contributed by atoms with Crippen molar-refractivity contribution >= 4 is 45.1 Å². The Bertz CT molecular complexity index is 2080. The molecule has 3 amide bonds. The van der Waals surface area contributed by atoms with Gasteiger partial charge in [0.2, 0.25) is 0 Å². The average Bonchev–Trinajstić information content (AvgIpc) is 3.54. The molecule has 1 aromatic heterocycles. The Morgan fingerprint density at radius 3 is 2.28 bits per heavy atom. The highest BCUT2D eigenvalue weighted by Crippen LogP contribution is 2.43. The van der Waals surface area contributed by atoms with E-state index in [1.54, 1.807) is 19.2 Å². The number of carbonyl (C=O) groups excluding carboxylic acids is 3. The number of benzene rings is 2. The molecule has 4 heterocycles. The van der Waals surface area contributed by atoms with Crippen molar-refractivity contribution in [2.75, 3.05) is 34.3 Å². The van der Waals surface area contributed by atoms with E-state index in [1.165, 1.54) is 26.1 Å². The lowest BCUT2D eigenvalue weighted by molar-refractivity contribution is -0.130. The van der Waals surface area contributed by atoms with E-state index in [0.29, 0.717) is 36.8 Å². The molecule has 3 fully saturated rings. The summed E-state index contributed by atoms with van der Waals surface area (Å²) in [6, 6.07) is 11.1. The van der Waals surface area contributed by atoms with Crippen LogP contribution in [0.5, 0.6) is 5.75 Å². The van der Waals surface area contributed by atoms with Crippen LogP contribution in [0, 0.1) is 0 Å². The van der Waals surface area contributed by atoms with Crippen LogP contribution in [-0.4, -0.2) is 97.0 Å². The third kappa shape index (κ3) is 7.17. The zero-order valence-electron chi connectivity index (χ0n) is 31.6. The molecule has 3 aromatic rings. The van der Waals surface area contributed by atoms with Gasteiger partial charge in [0, 0.05) is 66.9 Å². The first-order chi connectivity index (χ1) is 25.1. The van der Waals surface area contributed by atoms with Crippen LogP contribution in [-0.2, 0) is 32.7 Å². The third-order valence-corrected chi connectivity index (χ3v) is 12.6. The van der Waals surface area contributed by atoms with Crippen molar-refractivity contribution in [1.29, 1.82) is 0 Å². The zero-order chi connectivity index (χ0) is 37.8. The molecule has 1 saturated carbocycles. The molecule has 53 heavy (non-hydrogen) atoms. The largest absolute Gasteiger partial charge is 0.496 e. The zero-order valence-corrected chi connectivity index (χ0v) is 32.4. The highest BCUT2D eigenvalue weighted by molar-refractivity contribution is 7.87. The number of hydrogen-bond acceptors (Lipinski definition) is 7. The minimum atomic E-state index is -4.01. The van der Waals surface area contributed by atoms with Crippen LogP contribution in [0.25, 0.3) is 17.0 Å². The molecule has 13 heteroatoms. The molecule has 2 aromatic carbocycles. The van der Waals surface area contributed by atoms with Crippen molar-refractivity contribution in [2.45, 2.75) is 102 Å². The average molecular weight is 746 g/mol. The number of rotatable bonds is 6. The quantitative estimate of drug-likeness (QED) is 0.336. The molecule has 4 aliphatic rings. The number of carbonyl (C=O) groups is 3. The van der Waals surface area contributed by atoms with Gasteiger partial charge in [-0.05, 0) is 87.8 Å². The Balaban J connectivity index is 1.33. The van der Waals surface area contributed by atoms with Gasteiger partial charge in [-0.3, -0.25) is 14.5 Å². The maximum absolute atomic E-state index is 14.8. The van der Waals surface area contributed by atoms with Gasteiger partial charge in [-0.2, -0.15) is 12.7 Å². The topological polar surface area (TPSA) is 130 Å². The summed E-state index contributed by atoms with van der Waals surface area (Å²) in [4.78, 5) is 45.2. The molecule has 2 unspecified atom stereocenters. The van der Waals surface area contributed by atoms with E-state index in [2.05, 4.69) is 15.4 Å². The number of likely N-dealkylation sites (tertiary alicyclic amines) is 1. The van der Waals surface area contributed by atoms with Gasteiger partial charge in [0.05, 0.1) is 25.7 Å². The number of hydrogen-bond donors (Lipinski definition) is 1. The fraction of sp³-hybridized carbons (Fsp3) is 0.525. The maximum Gasteiger partial charge on any atom is 0.410 e. The Kier molecular flexibility index (Phi) is 9.86. The molecule has 1 aliphatic carbocycles. The summed E-state index contributed by atoms with van der Waals surface area (Å²) in [6.07, 6.45) is 9.37. The van der Waals surface area contributed by atoms with E-state index >= 15 is 0 Å². The second-order valence-electron chi connectivity index (χ2n) is 16.1. The van der Waals surface area contributed by atoms with Gasteiger partial charge in [0.25, 0.3) is 11.8 Å². The van der Waals surface area contributed by atoms with Crippen molar-refractivity contribution in [1.82, 2.24) is 23.4 Å². The molecular weight excluding hydrogens is 695 g/mol. The van der Waals surface area contributed by atoms with Gasteiger partial charge in [-0.1, -0.05) is 37.5 Å². The van der Waals surface area contributed by atoms with Crippen LogP contribution < -0.4 is 9.46 Å². The van der Waals surface area contributed by atoms with E-state index in [-0.39, 0.29) is 36.2 Å². The lowest BCUT2D eigenvalue weighted by atomic mass is 9.81. The van der Waals surface area contributed by atoms with Crippen LogP contribution >= 0.6 is 0 Å². The Hall–Kier alpha value is -4.36. The number of fused-ring (bicyclic) bond motifs is 6. The predicted molar refractivity (Wildman–Crippen MR) is 203 cm³/mol. The molecule has 2 atom stereocenters. The van der Waals surface area contributed by atoms with Crippen molar-refractivity contribution in [3.05, 3.63) is 69.9 Å². The summed E-state index contributed by atoms with van der Waals surface area (Å²) in [7, 11) is 0.367. The first-order valence-corrected chi connectivity index (χ1v) is 20.2. The fourth-order valence-corrected chi connectivity index (χ4v) is 9.26. The minimum absolute atomic E-state index is 0.109. The number of piperazine rings is 1. The van der Waals surface area contributed by atoms with Crippen LogP contribution in [0.1, 0.15) is 104 Å². The number of nitrogens with zero attached hydrogens (tertiary/aromatic N) is 4. The Labute approximate surface area is 312 Å². The normalized spacial score (nSPS) is 21.7. The smallest absolute Gasteiger partial charge is 0.410 e. The molecule has 7 rings (SSSR count). The van der Waals surface area contributed by atoms with Gasteiger partial charge in [0.1, 0.15) is 11.4 Å².